The maximum absolute atomic E-state index is 12.9. The van der Waals surface area contributed by atoms with Gasteiger partial charge in [0, 0.05) is 22.7 Å². The van der Waals surface area contributed by atoms with Gasteiger partial charge in [-0.2, -0.15) is 9.98 Å². The molecule has 0 bridgehead atoms. The number of aromatic nitrogens is 2. The van der Waals surface area contributed by atoms with E-state index in [1.807, 2.05) is 13.8 Å². The summed E-state index contributed by atoms with van der Waals surface area (Å²) in [5, 5.41) is 18.5. The number of nitrogens with zero attached hydrogens (tertiary/aromatic N) is 5. The van der Waals surface area contributed by atoms with Gasteiger partial charge in [-0.1, -0.05) is 18.2 Å². The third kappa shape index (κ3) is 3.69. The Kier molecular flexibility index (Phi) is 5.94. The lowest BCUT2D eigenvalue weighted by molar-refractivity contribution is 0.0989. The fourth-order valence-electron chi connectivity index (χ4n) is 3.49. The van der Waals surface area contributed by atoms with Crippen LogP contribution in [0.1, 0.15) is 71.8 Å². The number of aliphatic hydroxyl groups is 1. The van der Waals surface area contributed by atoms with Crippen LogP contribution in [0.4, 0.5) is 5.95 Å². The molecule has 1 aromatic heterocycles. The van der Waals surface area contributed by atoms with Gasteiger partial charge >= 0.3 is 0 Å². The molecule has 2 aromatic rings. The lowest BCUT2D eigenvalue weighted by atomic mass is 9.99. The number of Topliss-reactive ketones (excluding diaryl/α,β-unsaturated/α-hetero) is 2. The first-order chi connectivity index (χ1) is 14.7. The maximum atomic E-state index is 12.9. The molecule has 0 fully saturated rings. The van der Waals surface area contributed by atoms with Gasteiger partial charge < -0.3 is 14.4 Å². The maximum Gasteiger partial charge on any atom is 0.253 e. The minimum atomic E-state index is -0.602. The summed E-state index contributed by atoms with van der Waals surface area (Å²) in [4.78, 5) is 43.5. The van der Waals surface area contributed by atoms with Crippen LogP contribution in [0.3, 0.4) is 0 Å². The standard InChI is InChI=1S/C21H21N5O5/c1-10(2)26-17(11(3)22-9-27)20(31-5)23-21(26)25-24-16-18(29)14-8-6-7-13(12(4)28)15(14)19(16)30/h6-8,10-11,29H,1-5H3. The van der Waals surface area contributed by atoms with Crippen LogP contribution >= 0.6 is 0 Å². The number of allylic oxidation sites excluding steroid dienone is 1. The first-order valence-corrected chi connectivity index (χ1v) is 9.49. The van der Waals surface area contributed by atoms with Gasteiger partial charge in [0.05, 0.1) is 7.11 Å². The molecule has 1 aliphatic rings. The van der Waals surface area contributed by atoms with E-state index in [-0.39, 0.29) is 51.8 Å². The second-order valence-corrected chi connectivity index (χ2v) is 7.18. The smallest absolute Gasteiger partial charge is 0.253 e. The number of ether oxygens (including phenoxy) is 1. The predicted molar refractivity (Wildman–Crippen MR) is 111 cm³/mol. The van der Waals surface area contributed by atoms with E-state index in [1.165, 1.54) is 32.2 Å². The molecule has 0 amide bonds. The summed E-state index contributed by atoms with van der Waals surface area (Å²) in [7, 11) is 1.42. The topological polar surface area (TPSA) is 136 Å². The fraction of sp³-hybridized carbons (Fsp3) is 0.333. The molecule has 0 aliphatic heterocycles. The first kappa shape index (κ1) is 21.8. The number of isocyanates is 1. The quantitative estimate of drug-likeness (QED) is 0.305. The molecule has 31 heavy (non-hydrogen) atoms. The summed E-state index contributed by atoms with van der Waals surface area (Å²) in [5.41, 5.74) is 0.730. The van der Waals surface area contributed by atoms with Crippen LogP contribution in [-0.4, -0.2) is 39.4 Å². The third-order valence-corrected chi connectivity index (χ3v) is 4.85. The zero-order valence-corrected chi connectivity index (χ0v) is 17.7. The molecule has 1 N–H and O–H groups in total. The minimum Gasteiger partial charge on any atom is -0.505 e. The Morgan fingerprint density at radius 2 is 1.97 bits per heavy atom. The van der Waals surface area contributed by atoms with Gasteiger partial charge in [0.25, 0.3) is 5.95 Å². The molecule has 1 heterocycles. The molecule has 0 saturated carbocycles. The number of ketones is 2. The number of rotatable bonds is 7. The van der Waals surface area contributed by atoms with E-state index in [0.29, 0.717) is 5.69 Å². The molecule has 0 radical (unpaired) electrons. The summed E-state index contributed by atoms with van der Waals surface area (Å²) >= 11 is 0. The molecule has 0 spiro atoms. The number of carbonyl (C=O) groups is 2. The predicted octanol–water partition coefficient (Wildman–Crippen LogP) is 4.28. The van der Waals surface area contributed by atoms with Crippen molar-refractivity contribution in [2.75, 3.05) is 7.11 Å². The van der Waals surface area contributed by atoms with E-state index < -0.39 is 11.8 Å². The lowest BCUT2D eigenvalue weighted by Gasteiger charge is -2.15. The molecular formula is C21H21N5O5. The summed E-state index contributed by atoms with van der Waals surface area (Å²) in [6.45, 7) is 6.76. The zero-order chi connectivity index (χ0) is 22.9. The lowest BCUT2D eigenvalue weighted by Crippen LogP contribution is -2.08. The summed E-state index contributed by atoms with van der Waals surface area (Å²) in [6.07, 6.45) is 1.52. The van der Waals surface area contributed by atoms with Gasteiger partial charge in [-0.3, -0.25) is 9.59 Å². The summed E-state index contributed by atoms with van der Waals surface area (Å²) in [6, 6.07) is 3.87. The van der Waals surface area contributed by atoms with E-state index in [4.69, 9.17) is 4.74 Å². The van der Waals surface area contributed by atoms with Crippen LogP contribution in [-0.2, 0) is 4.79 Å². The van der Waals surface area contributed by atoms with Crippen molar-refractivity contribution in [2.24, 2.45) is 15.2 Å². The molecule has 1 unspecified atom stereocenters. The van der Waals surface area contributed by atoms with Crippen LogP contribution in [0.2, 0.25) is 0 Å². The minimum absolute atomic E-state index is 0.0980. The van der Waals surface area contributed by atoms with Crippen LogP contribution in [0, 0.1) is 0 Å². The van der Waals surface area contributed by atoms with E-state index in [9.17, 15) is 19.5 Å². The van der Waals surface area contributed by atoms with Crippen molar-refractivity contribution in [1.29, 1.82) is 0 Å². The third-order valence-electron chi connectivity index (χ3n) is 4.85. The van der Waals surface area contributed by atoms with Crippen molar-refractivity contribution < 1.29 is 24.2 Å². The Morgan fingerprint density at radius 1 is 1.26 bits per heavy atom. The van der Waals surface area contributed by atoms with Crippen molar-refractivity contribution in [1.82, 2.24) is 9.55 Å². The molecule has 1 aliphatic carbocycles. The molecule has 160 valence electrons. The van der Waals surface area contributed by atoms with Crippen molar-refractivity contribution >= 4 is 29.4 Å². The molecule has 3 rings (SSSR count). The number of carbonyl (C=O) groups excluding carboxylic acids is 3. The van der Waals surface area contributed by atoms with Gasteiger partial charge in [-0.15, -0.1) is 10.2 Å². The molecule has 10 nitrogen and oxygen atoms in total. The molecule has 1 aromatic carbocycles. The average Bonchev–Trinajstić information content (AvgIpc) is 3.22. The molecule has 10 heteroatoms. The number of imidazole rings is 1. The average molecular weight is 423 g/mol. The Labute approximate surface area is 178 Å². The summed E-state index contributed by atoms with van der Waals surface area (Å²) in [5.74, 6) is -0.958. The van der Waals surface area contributed by atoms with Crippen LogP contribution in [0.5, 0.6) is 5.88 Å². The number of methoxy groups -OCH3 is 1. The second-order valence-electron chi connectivity index (χ2n) is 7.18. The van der Waals surface area contributed by atoms with Gasteiger partial charge in [0.1, 0.15) is 11.7 Å². The highest BCUT2D eigenvalue weighted by Gasteiger charge is 2.34. The van der Waals surface area contributed by atoms with Crippen molar-refractivity contribution in [2.45, 2.75) is 39.8 Å². The Hall–Kier alpha value is -3.91. The van der Waals surface area contributed by atoms with E-state index in [2.05, 4.69) is 20.2 Å². The van der Waals surface area contributed by atoms with Crippen LogP contribution in [0.25, 0.3) is 5.76 Å². The molecular weight excluding hydrogens is 402 g/mol. The number of aliphatic imine (C=N–C) groups is 1. The normalized spacial score (nSPS) is 14.2. The highest BCUT2D eigenvalue weighted by atomic mass is 16.5. The van der Waals surface area contributed by atoms with Gasteiger partial charge in [-0.25, -0.2) is 4.79 Å². The number of hydrogen-bond acceptors (Lipinski definition) is 9. The number of fused-ring (bicyclic) bond motifs is 1. The monoisotopic (exact) mass is 423 g/mol. The van der Waals surface area contributed by atoms with E-state index >= 15 is 0 Å². The Balaban J connectivity index is 2.10. The van der Waals surface area contributed by atoms with Gasteiger partial charge in [-0.05, 0) is 27.7 Å². The highest BCUT2D eigenvalue weighted by Crippen LogP contribution is 2.37. The fourth-order valence-corrected chi connectivity index (χ4v) is 3.49. The van der Waals surface area contributed by atoms with Crippen molar-refractivity contribution in [3.8, 4) is 5.88 Å². The van der Waals surface area contributed by atoms with Crippen LogP contribution < -0.4 is 4.74 Å². The molecule has 1 atom stereocenters. The number of azo groups is 1. The van der Waals surface area contributed by atoms with Crippen molar-refractivity contribution in [3.63, 3.8) is 0 Å². The number of hydrogen-bond donors (Lipinski definition) is 1. The van der Waals surface area contributed by atoms with Crippen molar-refractivity contribution in [3.05, 3.63) is 46.3 Å². The number of aliphatic hydroxyl groups excluding tert-OH is 1. The zero-order valence-electron chi connectivity index (χ0n) is 17.7. The SMILES string of the molecule is COc1nc(N=NC2=C(O)c3cccc(C(C)=O)c3C2=O)n(C(C)C)c1C(C)N=C=O. The summed E-state index contributed by atoms with van der Waals surface area (Å²) < 4.78 is 6.97. The Morgan fingerprint density at radius 3 is 2.55 bits per heavy atom. The largest absolute Gasteiger partial charge is 0.505 e. The highest BCUT2D eigenvalue weighted by molar-refractivity contribution is 6.23. The van der Waals surface area contributed by atoms with Gasteiger partial charge in [0.15, 0.2) is 17.2 Å². The molecule has 0 saturated heterocycles. The van der Waals surface area contributed by atoms with E-state index in [0.717, 1.165) is 0 Å². The second kappa shape index (κ2) is 8.45. The first-order valence-electron chi connectivity index (χ1n) is 9.49. The van der Waals surface area contributed by atoms with E-state index in [1.54, 1.807) is 17.6 Å². The Bertz CT molecular complexity index is 1190. The van der Waals surface area contributed by atoms with Crippen LogP contribution in [0.15, 0.2) is 39.1 Å². The van der Waals surface area contributed by atoms with Gasteiger partial charge in [0.2, 0.25) is 17.7 Å². The number of benzene rings is 1.